The molecule has 88 valence electrons. The van der Waals surface area contributed by atoms with Crippen LogP contribution in [-0.2, 0) is 4.74 Å². The quantitative estimate of drug-likeness (QED) is 0.794. The molecule has 0 atom stereocenters. The van der Waals surface area contributed by atoms with Crippen LogP contribution in [0.3, 0.4) is 0 Å². The van der Waals surface area contributed by atoms with Crippen LogP contribution in [0.1, 0.15) is 15.2 Å². The smallest absolute Gasteiger partial charge is 0.349 e. The number of hydrogen-bond acceptors (Lipinski definition) is 4. The SMILES string of the molecule is COC(=O)c1cnc(-c2ccc(Br)cc2C)s1. The summed E-state index contributed by atoms with van der Waals surface area (Å²) in [5.41, 5.74) is 2.15. The van der Waals surface area contributed by atoms with Gasteiger partial charge in [-0.05, 0) is 24.6 Å². The molecule has 0 fully saturated rings. The molecule has 1 aromatic carbocycles. The van der Waals surface area contributed by atoms with E-state index >= 15 is 0 Å². The zero-order valence-electron chi connectivity index (χ0n) is 9.36. The summed E-state index contributed by atoms with van der Waals surface area (Å²) in [6, 6.07) is 5.97. The van der Waals surface area contributed by atoms with E-state index in [-0.39, 0.29) is 5.97 Å². The molecule has 0 amide bonds. The van der Waals surface area contributed by atoms with Crippen LogP contribution in [0.25, 0.3) is 10.6 Å². The zero-order valence-corrected chi connectivity index (χ0v) is 11.8. The maximum atomic E-state index is 11.3. The van der Waals surface area contributed by atoms with Crippen molar-refractivity contribution in [3.05, 3.63) is 39.3 Å². The van der Waals surface area contributed by atoms with Crippen LogP contribution in [-0.4, -0.2) is 18.1 Å². The van der Waals surface area contributed by atoms with Gasteiger partial charge in [0.05, 0.1) is 13.3 Å². The van der Waals surface area contributed by atoms with E-state index in [1.807, 2.05) is 25.1 Å². The number of nitrogens with zero attached hydrogens (tertiary/aromatic N) is 1. The third-order valence-electron chi connectivity index (χ3n) is 2.31. The highest BCUT2D eigenvalue weighted by molar-refractivity contribution is 9.10. The van der Waals surface area contributed by atoms with E-state index in [2.05, 4.69) is 25.7 Å². The molecule has 0 bridgehead atoms. The zero-order chi connectivity index (χ0) is 12.4. The van der Waals surface area contributed by atoms with Gasteiger partial charge in [0.25, 0.3) is 0 Å². The van der Waals surface area contributed by atoms with Crippen molar-refractivity contribution in [1.82, 2.24) is 4.98 Å². The van der Waals surface area contributed by atoms with Gasteiger partial charge in [-0.15, -0.1) is 11.3 Å². The lowest BCUT2D eigenvalue weighted by atomic mass is 10.1. The molecule has 17 heavy (non-hydrogen) atoms. The van der Waals surface area contributed by atoms with Crippen LogP contribution in [0.2, 0.25) is 0 Å². The second-order valence-corrected chi connectivity index (χ2v) is 5.43. The van der Waals surface area contributed by atoms with Crippen molar-refractivity contribution >= 4 is 33.2 Å². The second kappa shape index (κ2) is 4.98. The monoisotopic (exact) mass is 311 g/mol. The van der Waals surface area contributed by atoms with Crippen molar-refractivity contribution in [1.29, 1.82) is 0 Å². The highest BCUT2D eigenvalue weighted by atomic mass is 79.9. The molecule has 0 aliphatic heterocycles. The summed E-state index contributed by atoms with van der Waals surface area (Å²) in [4.78, 5) is 16.1. The third-order valence-corrected chi connectivity index (χ3v) is 3.82. The molecule has 0 saturated heterocycles. The maximum absolute atomic E-state index is 11.3. The number of aryl methyl sites for hydroxylation is 1. The van der Waals surface area contributed by atoms with Gasteiger partial charge >= 0.3 is 5.97 Å². The molecular formula is C12H10BrNO2S. The van der Waals surface area contributed by atoms with E-state index in [0.29, 0.717) is 4.88 Å². The summed E-state index contributed by atoms with van der Waals surface area (Å²) in [6.45, 7) is 2.01. The summed E-state index contributed by atoms with van der Waals surface area (Å²) >= 11 is 4.76. The Labute approximate surface area is 112 Å². The standard InChI is InChI=1S/C12H10BrNO2S/c1-7-5-8(13)3-4-9(7)11-14-6-10(17-11)12(15)16-2/h3-6H,1-2H3. The Morgan fingerprint density at radius 1 is 1.47 bits per heavy atom. The van der Waals surface area contributed by atoms with Gasteiger partial charge in [0.2, 0.25) is 0 Å². The first-order valence-corrected chi connectivity index (χ1v) is 6.53. The Morgan fingerprint density at radius 3 is 2.88 bits per heavy atom. The van der Waals surface area contributed by atoms with E-state index in [9.17, 15) is 4.79 Å². The number of aromatic nitrogens is 1. The van der Waals surface area contributed by atoms with Gasteiger partial charge in [-0.2, -0.15) is 0 Å². The molecule has 0 radical (unpaired) electrons. The summed E-state index contributed by atoms with van der Waals surface area (Å²) in [6.07, 6.45) is 1.55. The molecule has 3 nitrogen and oxygen atoms in total. The summed E-state index contributed by atoms with van der Waals surface area (Å²) in [5.74, 6) is -0.344. The Hall–Kier alpha value is -1.20. The highest BCUT2D eigenvalue weighted by Gasteiger charge is 2.12. The third kappa shape index (κ3) is 2.56. The molecular weight excluding hydrogens is 302 g/mol. The van der Waals surface area contributed by atoms with Gasteiger partial charge in [0, 0.05) is 10.0 Å². The molecule has 0 aliphatic carbocycles. The number of benzene rings is 1. The Kier molecular flexibility index (Phi) is 3.59. The van der Waals surface area contributed by atoms with Gasteiger partial charge in [0.15, 0.2) is 0 Å². The second-order valence-electron chi connectivity index (χ2n) is 3.48. The number of halogens is 1. The Bertz CT molecular complexity index is 565. The largest absolute Gasteiger partial charge is 0.465 e. The first kappa shape index (κ1) is 12.3. The van der Waals surface area contributed by atoms with E-state index in [1.54, 1.807) is 6.20 Å². The summed E-state index contributed by atoms with van der Waals surface area (Å²) in [5, 5.41) is 0.829. The lowest BCUT2D eigenvalue weighted by Crippen LogP contribution is -1.96. The first-order valence-electron chi connectivity index (χ1n) is 4.92. The Morgan fingerprint density at radius 2 is 2.24 bits per heavy atom. The number of thiazole rings is 1. The van der Waals surface area contributed by atoms with E-state index < -0.39 is 0 Å². The minimum atomic E-state index is -0.344. The van der Waals surface area contributed by atoms with Crippen molar-refractivity contribution < 1.29 is 9.53 Å². The van der Waals surface area contributed by atoms with Crippen LogP contribution in [0, 0.1) is 6.92 Å². The molecule has 2 rings (SSSR count). The van der Waals surface area contributed by atoms with Crippen molar-refractivity contribution in [2.24, 2.45) is 0 Å². The first-order chi connectivity index (χ1) is 8.11. The lowest BCUT2D eigenvalue weighted by molar-refractivity contribution is 0.0606. The normalized spacial score (nSPS) is 10.3. The fraction of sp³-hybridized carbons (Fsp3) is 0.167. The predicted octanol–water partition coefficient (Wildman–Crippen LogP) is 3.67. The minimum Gasteiger partial charge on any atom is -0.465 e. The van der Waals surface area contributed by atoms with Crippen molar-refractivity contribution in [2.45, 2.75) is 6.92 Å². The number of methoxy groups -OCH3 is 1. The molecule has 0 N–H and O–H groups in total. The molecule has 1 aromatic heterocycles. The maximum Gasteiger partial charge on any atom is 0.349 e. The topological polar surface area (TPSA) is 39.2 Å². The van der Waals surface area contributed by atoms with Crippen molar-refractivity contribution in [3.8, 4) is 10.6 Å². The van der Waals surface area contributed by atoms with Gasteiger partial charge in [-0.25, -0.2) is 9.78 Å². The van der Waals surface area contributed by atoms with Crippen LogP contribution in [0.4, 0.5) is 0 Å². The number of esters is 1. The van der Waals surface area contributed by atoms with Crippen LogP contribution in [0.15, 0.2) is 28.9 Å². The minimum absolute atomic E-state index is 0.344. The Balaban J connectivity index is 2.40. The fourth-order valence-electron chi connectivity index (χ4n) is 1.46. The van der Waals surface area contributed by atoms with Gasteiger partial charge in [0.1, 0.15) is 9.88 Å². The highest BCUT2D eigenvalue weighted by Crippen LogP contribution is 2.29. The molecule has 0 aliphatic rings. The number of rotatable bonds is 2. The van der Waals surface area contributed by atoms with Gasteiger partial charge < -0.3 is 4.74 Å². The molecule has 0 spiro atoms. The van der Waals surface area contributed by atoms with E-state index in [4.69, 9.17) is 0 Å². The summed E-state index contributed by atoms with van der Waals surface area (Å²) in [7, 11) is 1.37. The number of carbonyl (C=O) groups is 1. The van der Waals surface area contributed by atoms with E-state index in [0.717, 1.165) is 20.6 Å². The average molecular weight is 312 g/mol. The lowest BCUT2D eigenvalue weighted by Gasteiger charge is -2.02. The van der Waals surface area contributed by atoms with E-state index in [1.165, 1.54) is 18.4 Å². The molecule has 1 heterocycles. The summed E-state index contributed by atoms with van der Waals surface area (Å²) < 4.78 is 5.69. The molecule has 0 unspecified atom stereocenters. The van der Waals surface area contributed by atoms with Crippen molar-refractivity contribution in [3.63, 3.8) is 0 Å². The van der Waals surface area contributed by atoms with Crippen molar-refractivity contribution in [2.75, 3.05) is 7.11 Å². The number of carbonyl (C=O) groups excluding carboxylic acids is 1. The molecule has 5 heteroatoms. The fourth-order valence-corrected chi connectivity index (χ4v) is 2.86. The van der Waals surface area contributed by atoms with Crippen LogP contribution >= 0.6 is 27.3 Å². The average Bonchev–Trinajstić information content (AvgIpc) is 2.77. The predicted molar refractivity (Wildman–Crippen MR) is 71.3 cm³/mol. The number of ether oxygens (including phenoxy) is 1. The van der Waals surface area contributed by atoms with Gasteiger partial charge in [-0.3, -0.25) is 0 Å². The molecule has 0 saturated carbocycles. The number of hydrogen-bond donors (Lipinski definition) is 0. The molecule has 2 aromatic rings. The van der Waals surface area contributed by atoms with Crippen LogP contribution < -0.4 is 0 Å². The van der Waals surface area contributed by atoms with Gasteiger partial charge in [-0.1, -0.05) is 22.0 Å². The van der Waals surface area contributed by atoms with Crippen LogP contribution in [0.5, 0.6) is 0 Å².